The van der Waals surface area contributed by atoms with Crippen LogP contribution in [0.5, 0.6) is 0 Å². The third-order valence-electron chi connectivity index (χ3n) is 3.85. The monoisotopic (exact) mass is 258 g/mol. The van der Waals surface area contributed by atoms with Gasteiger partial charge in [-0.05, 0) is 18.6 Å². The van der Waals surface area contributed by atoms with E-state index in [0.717, 1.165) is 5.56 Å². The molecular formula is C14H14N2O3. The minimum absolute atomic E-state index is 0.0371. The van der Waals surface area contributed by atoms with Gasteiger partial charge in [-0.1, -0.05) is 6.07 Å². The van der Waals surface area contributed by atoms with E-state index in [1.54, 1.807) is 23.1 Å². The first-order valence-electron chi connectivity index (χ1n) is 6.30. The Balaban J connectivity index is 1.90. The van der Waals surface area contributed by atoms with E-state index in [4.69, 9.17) is 5.73 Å². The molecule has 1 aromatic rings. The molecule has 1 atom stereocenters. The molecule has 19 heavy (non-hydrogen) atoms. The second-order valence-electron chi connectivity index (χ2n) is 5.04. The predicted molar refractivity (Wildman–Crippen MR) is 68.4 cm³/mol. The van der Waals surface area contributed by atoms with Crippen LogP contribution in [0.15, 0.2) is 18.2 Å². The lowest BCUT2D eigenvalue weighted by molar-refractivity contribution is -0.133. The highest BCUT2D eigenvalue weighted by atomic mass is 16.2. The van der Waals surface area contributed by atoms with Gasteiger partial charge in [0.1, 0.15) is 5.78 Å². The third-order valence-corrected chi connectivity index (χ3v) is 3.85. The number of ketones is 2. The fourth-order valence-corrected chi connectivity index (χ4v) is 2.82. The maximum atomic E-state index is 12.3. The number of carbonyl (C=O) groups is 3. The Morgan fingerprint density at radius 1 is 1.21 bits per heavy atom. The number of anilines is 1. The van der Waals surface area contributed by atoms with Crippen molar-refractivity contribution in [3.8, 4) is 0 Å². The second-order valence-corrected chi connectivity index (χ2v) is 5.04. The Kier molecular flexibility index (Phi) is 2.62. The summed E-state index contributed by atoms with van der Waals surface area (Å²) in [6.45, 7) is 0.367. The molecule has 2 N–H and O–H groups in total. The molecule has 1 amide bonds. The van der Waals surface area contributed by atoms with E-state index in [9.17, 15) is 14.4 Å². The molecule has 1 aliphatic carbocycles. The van der Waals surface area contributed by atoms with Crippen LogP contribution in [0.2, 0.25) is 0 Å². The van der Waals surface area contributed by atoms with Crippen molar-refractivity contribution in [2.45, 2.75) is 31.8 Å². The molecule has 1 aliphatic heterocycles. The quantitative estimate of drug-likeness (QED) is 0.600. The molecule has 1 heterocycles. The van der Waals surface area contributed by atoms with Gasteiger partial charge in [0.15, 0.2) is 5.78 Å². The predicted octanol–water partition coefficient (Wildman–Crippen LogP) is 0.915. The van der Waals surface area contributed by atoms with E-state index < -0.39 is 6.04 Å². The van der Waals surface area contributed by atoms with E-state index in [1.165, 1.54) is 0 Å². The highest BCUT2D eigenvalue weighted by Gasteiger charge is 2.39. The average molecular weight is 258 g/mol. The largest absolute Gasteiger partial charge is 0.398 e. The Hall–Kier alpha value is -2.17. The van der Waals surface area contributed by atoms with E-state index in [0.29, 0.717) is 30.6 Å². The van der Waals surface area contributed by atoms with Crippen molar-refractivity contribution in [2.75, 3.05) is 5.73 Å². The molecule has 0 radical (unpaired) electrons. The zero-order valence-electron chi connectivity index (χ0n) is 10.4. The average Bonchev–Trinajstić information content (AvgIpc) is 2.69. The molecular weight excluding hydrogens is 244 g/mol. The van der Waals surface area contributed by atoms with Crippen LogP contribution in [0.1, 0.15) is 35.2 Å². The molecule has 0 aromatic heterocycles. The van der Waals surface area contributed by atoms with E-state index >= 15 is 0 Å². The zero-order valence-corrected chi connectivity index (χ0v) is 10.4. The van der Waals surface area contributed by atoms with Gasteiger partial charge in [-0.15, -0.1) is 0 Å². The van der Waals surface area contributed by atoms with Gasteiger partial charge in [0, 0.05) is 29.8 Å². The molecule has 0 saturated heterocycles. The van der Waals surface area contributed by atoms with Gasteiger partial charge in [0.05, 0.1) is 12.5 Å². The van der Waals surface area contributed by atoms with Gasteiger partial charge in [-0.25, -0.2) is 0 Å². The van der Waals surface area contributed by atoms with Gasteiger partial charge in [0.25, 0.3) is 5.91 Å². The summed E-state index contributed by atoms with van der Waals surface area (Å²) in [7, 11) is 0. The van der Waals surface area contributed by atoms with Gasteiger partial charge >= 0.3 is 0 Å². The Morgan fingerprint density at radius 2 is 2.00 bits per heavy atom. The lowest BCUT2D eigenvalue weighted by Crippen LogP contribution is -2.44. The lowest BCUT2D eigenvalue weighted by Gasteiger charge is -2.29. The van der Waals surface area contributed by atoms with Gasteiger partial charge in [-0.2, -0.15) is 0 Å². The molecule has 3 rings (SSSR count). The SMILES string of the molecule is Nc1cccc2c1CN(C1CCC(=O)CC1=O)C2=O. The maximum Gasteiger partial charge on any atom is 0.255 e. The third kappa shape index (κ3) is 1.82. The fourth-order valence-electron chi connectivity index (χ4n) is 2.82. The van der Waals surface area contributed by atoms with Crippen molar-refractivity contribution >= 4 is 23.2 Å². The molecule has 1 saturated carbocycles. The summed E-state index contributed by atoms with van der Waals surface area (Å²) < 4.78 is 0. The molecule has 1 unspecified atom stereocenters. The summed E-state index contributed by atoms with van der Waals surface area (Å²) in [6, 6.07) is 4.74. The molecule has 0 bridgehead atoms. The molecule has 0 spiro atoms. The highest BCUT2D eigenvalue weighted by Crippen LogP contribution is 2.31. The Bertz CT molecular complexity index is 594. The first kappa shape index (κ1) is 11.9. The van der Waals surface area contributed by atoms with Crippen molar-refractivity contribution in [2.24, 2.45) is 0 Å². The summed E-state index contributed by atoms with van der Waals surface area (Å²) in [5.41, 5.74) is 7.80. The number of carbonyl (C=O) groups excluding carboxylic acids is 3. The number of nitrogens with two attached hydrogens (primary N) is 1. The number of hydrogen-bond acceptors (Lipinski definition) is 4. The van der Waals surface area contributed by atoms with Gasteiger partial charge < -0.3 is 10.6 Å². The van der Waals surface area contributed by atoms with Crippen molar-refractivity contribution in [3.05, 3.63) is 29.3 Å². The van der Waals surface area contributed by atoms with Crippen molar-refractivity contribution in [1.29, 1.82) is 0 Å². The minimum Gasteiger partial charge on any atom is -0.398 e. The van der Waals surface area contributed by atoms with E-state index in [2.05, 4.69) is 0 Å². The number of benzene rings is 1. The van der Waals surface area contributed by atoms with Crippen molar-refractivity contribution < 1.29 is 14.4 Å². The number of nitrogens with zero attached hydrogens (tertiary/aromatic N) is 1. The highest BCUT2D eigenvalue weighted by molar-refractivity contribution is 6.07. The number of hydrogen-bond donors (Lipinski definition) is 1. The number of nitrogen functional groups attached to an aromatic ring is 1. The Morgan fingerprint density at radius 3 is 2.68 bits per heavy atom. The Labute approximate surface area is 110 Å². The molecule has 5 nitrogen and oxygen atoms in total. The van der Waals surface area contributed by atoms with Gasteiger partial charge in [0.2, 0.25) is 0 Å². The number of Topliss-reactive ketones (excluding diaryl/α,β-unsaturated/α-hetero) is 2. The zero-order chi connectivity index (χ0) is 13.6. The van der Waals surface area contributed by atoms with Crippen LogP contribution in [0.25, 0.3) is 0 Å². The normalized spacial score (nSPS) is 22.8. The summed E-state index contributed by atoms with van der Waals surface area (Å²) in [6.07, 6.45) is 0.740. The van der Waals surface area contributed by atoms with Crippen LogP contribution < -0.4 is 5.73 Å². The summed E-state index contributed by atoms with van der Waals surface area (Å²) in [5.74, 6) is -0.351. The standard InChI is InChI=1S/C14H14N2O3/c15-11-3-1-2-9-10(11)7-16(14(9)19)12-5-4-8(17)6-13(12)18/h1-3,12H,4-7,15H2. The minimum atomic E-state index is -0.475. The topological polar surface area (TPSA) is 80.5 Å². The van der Waals surface area contributed by atoms with E-state index in [-0.39, 0.29) is 23.9 Å². The van der Waals surface area contributed by atoms with Crippen LogP contribution in [0.4, 0.5) is 5.69 Å². The van der Waals surface area contributed by atoms with Crippen LogP contribution in [-0.2, 0) is 16.1 Å². The van der Waals surface area contributed by atoms with E-state index in [1.807, 2.05) is 0 Å². The molecule has 5 heteroatoms. The molecule has 1 aromatic carbocycles. The second kappa shape index (κ2) is 4.19. The van der Waals surface area contributed by atoms with Crippen LogP contribution in [0, 0.1) is 0 Å². The molecule has 1 fully saturated rings. The van der Waals surface area contributed by atoms with Crippen LogP contribution >= 0.6 is 0 Å². The van der Waals surface area contributed by atoms with Crippen LogP contribution in [-0.4, -0.2) is 28.4 Å². The number of rotatable bonds is 1. The van der Waals surface area contributed by atoms with Crippen molar-refractivity contribution in [1.82, 2.24) is 4.90 Å². The number of fused-ring (bicyclic) bond motifs is 1. The number of amides is 1. The first-order valence-corrected chi connectivity index (χ1v) is 6.30. The van der Waals surface area contributed by atoms with Crippen molar-refractivity contribution in [3.63, 3.8) is 0 Å². The fraction of sp³-hybridized carbons (Fsp3) is 0.357. The maximum absolute atomic E-state index is 12.3. The molecule has 2 aliphatic rings. The molecule has 98 valence electrons. The lowest BCUT2D eigenvalue weighted by atomic mass is 9.92. The van der Waals surface area contributed by atoms with Gasteiger partial charge in [-0.3, -0.25) is 14.4 Å². The smallest absolute Gasteiger partial charge is 0.255 e. The van der Waals surface area contributed by atoms with Crippen LogP contribution in [0.3, 0.4) is 0 Å². The first-order chi connectivity index (χ1) is 9.08. The summed E-state index contributed by atoms with van der Waals surface area (Å²) in [5, 5.41) is 0. The summed E-state index contributed by atoms with van der Waals surface area (Å²) in [4.78, 5) is 37.0. The summed E-state index contributed by atoms with van der Waals surface area (Å²) >= 11 is 0.